The molecule has 19 heavy (non-hydrogen) atoms. The Morgan fingerprint density at radius 1 is 1.05 bits per heavy atom. The fourth-order valence-corrected chi connectivity index (χ4v) is 1.97. The van der Waals surface area contributed by atoms with Gasteiger partial charge in [0.15, 0.2) is 0 Å². The van der Waals surface area contributed by atoms with Crippen molar-refractivity contribution in [3.05, 3.63) is 64.5 Å². The SMILES string of the molecule is COc1ccc(C(O)c2ccc(C)c(C)c2)c(F)c1. The lowest BCUT2D eigenvalue weighted by Gasteiger charge is -2.14. The van der Waals surface area contributed by atoms with Crippen LogP contribution in [0.1, 0.15) is 28.4 Å². The van der Waals surface area contributed by atoms with Gasteiger partial charge in [0, 0.05) is 11.6 Å². The smallest absolute Gasteiger partial charge is 0.133 e. The minimum absolute atomic E-state index is 0.254. The monoisotopic (exact) mass is 260 g/mol. The number of benzene rings is 2. The van der Waals surface area contributed by atoms with Crippen molar-refractivity contribution in [1.82, 2.24) is 0 Å². The van der Waals surface area contributed by atoms with Crippen LogP contribution in [0.2, 0.25) is 0 Å². The zero-order chi connectivity index (χ0) is 14.0. The summed E-state index contributed by atoms with van der Waals surface area (Å²) in [5.41, 5.74) is 3.16. The number of aliphatic hydroxyl groups excluding tert-OH is 1. The Hall–Kier alpha value is -1.87. The molecule has 0 aromatic heterocycles. The molecule has 0 aliphatic rings. The molecule has 1 N–H and O–H groups in total. The van der Waals surface area contributed by atoms with E-state index >= 15 is 0 Å². The second kappa shape index (κ2) is 5.41. The highest BCUT2D eigenvalue weighted by molar-refractivity contribution is 5.38. The zero-order valence-electron chi connectivity index (χ0n) is 11.3. The van der Waals surface area contributed by atoms with Gasteiger partial charge >= 0.3 is 0 Å². The Bertz CT molecular complexity index is 593. The first-order valence-electron chi connectivity index (χ1n) is 6.11. The molecule has 2 aromatic carbocycles. The topological polar surface area (TPSA) is 29.5 Å². The summed E-state index contributed by atoms with van der Waals surface area (Å²) in [5.74, 6) is -0.0291. The Morgan fingerprint density at radius 3 is 2.37 bits per heavy atom. The van der Waals surface area contributed by atoms with E-state index in [1.807, 2.05) is 32.0 Å². The molecule has 1 atom stereocenters. The van der Waals surface area contributed by atoms with E-state index in [0.29, 0.717) is 11.3 Å². The van der Waals surface area contributed by atoms with Crippen LogP contribution in [0.15, 0.2) is 36.4 Å². The molecular formula is C16H17FO2. The van der Waals surface area contributed by atoms with Gasteiger partial charge < -0.3 is 9.84 Å². The molecule has 2 nitrogen and oxygen atoms in total. The molecule has 0 fully saturated rings. The van der Waals surface area contributed by atoms with Gasteiger partial charge in [0.05, 0.1) is 7.11 Å². The third kappa shape index (κ3) is 2.76. The lowest BCUT2D eigenvalue weighted by Crippen LogP contribution is -2.03. The molecule has 0 saturated heterocycles. The summed E-state index contributed by atoms with van der Waals surface area (Å²) in [5, 5.41) is 10.3. The molecule has 100 valence electrons. The molecule has 3 heteroatoms. The summed E-state index contributed by atoms with van der Waals surface area (Å²) in [6.45, 7) is 3.97. The molecule has 0 heterocycles. The van der Waals surface area contributed by atoms with E-state index in [2.05, 4.69) is 0 Å². The van der Waals surface area contributed by atoms with Crippen molar-refractivity contribution in [1.29, 1.82) is 0 Å². The van der Waals surface area contributed by atoms with E-state index in [1.165, 1.54) is 13.2 Å². The molecule has 0 aliphatic heterocycles. The number of halogens is 1. The maximum atomic E-state index is 13.9. The van der Waals surface area contributed by atoms with E-state index in [-0.39, 0.29) is 5.56 Å². The number of ether oxygens (including phenoxy) is 1. The van der Waals surface area contributed by atoms with Gasteiger partial charge in [0.1, 0.15) is 17.7 Å². The van der Waals surface area contributed by atoms with E-state index < -0.39 is 11.9 Å². The molecule has 1 unspecified atom stereocenters. The molecule has 0 radical (unpaired) electrons. The minimum Gasteiger partial charge on any atom is -0.497 e. The average molecular weight is 260 g/mol. The third-order valence-corrected chi connectivity index (χ3v) is 3.35. The number of aliphatic hydroxyl groups is 1. The Kier molecular flexibility index (Phi) is 3.86. The number of aryl methyl sites for hydroxylation is 2. The van der Waals surface area contributed by atoms with E-state index in [4.69, 9.17) is 4.74 Å². The van der Waals surface area contributed by atoms with Crippen LogP contribution in [-0.2, 0) is 0 Å². The van der Waals surface area contributed by atoms with Gasteiger partial charge in [0.2, 0.25) is 0 Å². The lowest BCUT2D eigenvalue weighted by molar-refractivity contribution is 0.214. The van der Waals surface area contributed by atoms with Gasteiger partial charge in [0.25, 0.3) is 0 Å². The number of rotatable bonds is 3. The first kappa shape index (κ1) is 13.6. The largest absolute Gasteiger partial charge is 0.497 e. The molecule has 2 rings (SSSR count). The van der Waals surface area contributed by atoms with Crippen LogP contribution in [0.4, 0.5) is 4.39 Å². The average Bonchev–Trinajstić information content (AvgIpc) is 2.41. The van der Waals surface area contributed by atoms with Gasteiger partial charge in [-0.2, -0.15) is 0 Å². The van der Waals surface area contributed by atoms with Gasteiger partial charge in [-0.3, -0.25) is 0 Å². The second-order valence-corrected chi connectivity index (χ2v) is 4.63. The highest BCUT2D eigenvalue weighted by Gasteiger charge is 2.16. The Balaban J connectivity index is 2.38. The summed E-state index contributed by atoms with van der Waals surface area (Å²) in [6.07, 6.45) is -0.967. The Labute approximate surface area is 112 Å². The van der Waals surface area contributed by atoms with Crippen LogP contribution >= 0.6 is 0 Å². The fourth-order valence-electron chi connectivity index (χ4n) is 1.97. The van der Waals surface area contributed by atoms with Crippen molar-refractivity contribution in [3.8, 4) is 5.75 Å². The summed E-state index contributed by atoms with van der Waals surface area (Å²) in [4.78, 5) is 0. The maximum absolute atomic E-state index is 13.9. The molecule has 0 saturated carbocycles. The van der Waals surface area contributed by atoms with E-state index in [0.717, 1.165) is 11.1 Å². The van der Waals surface area contributed by atoms with Crippen LogP contribution in [0, 0.1) is 19.7 Å². The maximum Gasteiger partial charge on any atom is 0.133 e. The predicted octanol–water partition coefficient (Wildman–Crippen LogP) is 3.53. The van der Waals surface area contributed by atoms with Crippen molar-refractivity contribution < 1.29 is 14.2 Å². The molecule has 0 amide bonds. The van der Waals surface area contributed by atoms with E-state index in [1.54, 1.807) is 12.1 Å². The van der Waals surface area contributed by atoms with Crippen LogP contribution in [0.5, 0.6) is 5.75 Å². The number of hydrogen-bond acceptors (Lipinski definition) is 2. The van der Waals surface area contributed by atoms with E-state index in [9.17, 15) is 9.50 Å². The van der Waals surface area contributed by atoms with Gasteiger partial charge in [-0.15, -0.1) is 0 Å². The summed E-state index contributed by atoms with van der Waals surface area (Å²) >= 11 is 0. The fraction of sp³-hybridized carbons (Fsp3) is 0.250. The van der Waals surface area contributed by atoms with Crippen LogP contribution in [-0.4, -0.2) is 12.2 Å². The molecule has 0 spiro atoms. The van der Waals surface area contributed by atoms with Crippen molar-refractivity contribution >= 4 is 0 Å². The molecule has 0 bridgehead atoms. The van der Waals surface area contributed by atoms with Crippen molar-refractivity contribution in [2.45, 2.75) is 20.0 Å². The summed E-state index contributed by atoms with van der Waals surface area (Å²) in [6, 6.07) is 10.1. The first-order valence-corrected chi connectivity index (χ1v) is 6.11. The lowest BCUT2D eigenvalue weighted by atomic mass is 9.97. The quantitative estimate of drug-likeness (QED) is 0.914. The summed E-state index contributed by atoms with van der Waals surface area (Å²) < 4.78 is 18.9. The number of hydrogen-bond donors (Lipinski definition) is 1. The zero-order valence-corrected chi connectivity index (χ0v) is 11.3. The first-order chi connectivity index (χ1) is 9.02. The Morgan fingerprint density at radius 2 is 1.79 bits per heavy atom. The highest BCUT2D eigenvalue weighted by Crippen LogP contribution is 2.27. The minimum atomic E-state index is -0.967. The third-order valence-electron chi connectivity index (χ3n) is 3.35. The van der Waals surface area contributed by atoms with Crippen LogP contribution in [0.25, 0.3) is 0 Å². The van der Waals surface area contributed by atoms with Crippen molar-refractivity contribution in [2.24, 2.45) is 0 Å². The normalized spacial score (nSPS) is 12.3. The predicted molar refractivity (Wildman–Crippen MR) is 72.9 cm³/mol. The standard InChI is InChI=1S/C16H17FO2/c1-10-4-5-12(8-11(10)2)16(18)14-7-6-13(19-3)9-15(14)17/h4-9,16,18H,1-3H3. The van der Waals surface area contributed by atoms with Crippen molar-refractivity contribution in [2.75, 3.05) is 7.11 Å². The van der Waals surface area contributed by atoms with Gasteiger partial charge in [-0.05, 0) is 42.7 Å². The molecule has 0 aliphatic carbocycles. The summed E-state index contributed by atoms with van der Waals surface area (Å²) in [7, 11) is 1.48. The van der Waals surface area contributed by atoms with Gasteiger partial charge in [-0.1, -0.05) is 18.2 Å². The van der Waals surface area contributed by atoms with Crippen LogP contribution < -0.4 is 4.74 Å². The van der Waals surface area contributed by atoms with Gasteiger partial charge in [-0.25, -0.2) is 4.39 Å². The van der Waals surface area contributed by atoms with Crippen molar-refractivity contribution in [3.63, 3.8) is 0 Å². The highest BCUT2D eigenvalue weighted by atomic mass is 19.1. The molecular weight excluding hydrogens is 243 g/mol. The second-order valence-electron chi connectivity index (χ2n) is 4.63. The molecule has 2 aromatic rings. The van der Waals surface area contributed by atoms with Crippen LogP contribution in [0.3, 0.4) is 0 Å². The number of methoxy groups -OCH3 is 1.